The van der Waals surface area contributed by atoms with E-state index in [1.807, 2.05) is 12.1 Å². The Morgan fingerprint density at radius 2 is 2.00 bits per heavy atom. The van der Waals surface area contributed by atoms with Gasteiger partial charge >= 0.3 is 5.97 Å². The predicted molar refractivity (Wildman–Crippen MR) is 73.3 cm³/mol. The average Bonchev–Trinajstić information content (AvgIpc) is 2.99. The SMILES string of the molecule is O=C(OCC1CC2C=CC1C2)c1ccc(Br)cc1. The average molecular weight is 307 g/mol. The molecule has 0 aliphatic heterocycles. The van der Waals surface area contributed by atoms with E-state index >= 15 is 0 Å². The zero-order valence-electron chi connectivity index (χ0n) is 10.0. The van der Waals surface area contributed by atoms with Gasteiger partial charge in [0.1, 0.15) is 0 Å². The van der Waals surface area contributed by atoms with E-state index in [0.717, 1.165) is 10.4 Å². The largest absolute Gasteiger partial charge is 0.462 e. The zero-order valence-corrected chi connectivity index (χ0v) is 11.6. The van der Waals surface area contributed by atoms with Crippen molar-refractivity contribution in [2.45, 2.75) is 12.8 Å². The smallest absolute Gasteiger partial charge is 0.338 e. The second-order valence-corrected chi connectivity index (χ2v) is 6.06. The van der Waals surface area contributed by atoms with Crippen LogP contribution in [0.4, 0.5) is 0 Å². The molecule has 0 aromatic heterocycles. The fourth-order valence-corrected chi connectivity index (χ4v) is 3.20. The van der Waals surface area contributed by atoms with Gasteiger partial charge in [0.15, 0.2) is 0 Å². The monoisotopic (exact) mass is 306 g/mol. The molecule has 0 radical (unpaired) electrons. The molecule has 3 rings (SSSR count). The molecule has 0 amide bonds. The van der Waals surface area contributed by atoms with Gasteiger partial charge < -0.3 is 4.74 Å². The Labute approximate surface area is 115 Å². The lowest BCUT2D eigenvalue weighted by Gasteiger charge is -2.17. The standard InChI is InChI=1S/C15H15BrO2/c16-14-5-3-11(4-6-14)15(17)18-9-13-8-10-1-2-12(13)7-10/h1-6,10,12-13H,7-9H2. The van der Waals surface area contributed by atoms with Crippen LogP contribution < -0.4 is 0 Å². The molecule has 1 saturated carbocycles. The van der Waals surface area contributed by atoms with Crippen LogP contribution in [0.1, 0.15) is 23.2 Å². The van der Waals surface area contributed by atoms with Crippen LogP contribution in [0.3, 0.4) is 0 Å². The van der Waals surface area contributed by atoms with Crippen molar-refractivity contribution in [2.75, 3.05) is 6.61 Å². The number of hydrogen-bond acceptors (Lipinski definition) is 2. The minimum absolute atomic E-state index is 0.214. The van der Waals surface area contributed by atoms with Gasteiger partial charge in [-0.1, -0.05) is 28.1 Å². The van der Waals surface area contributed by atoms with Crippen molar-refractivity contribution in [3.63, 3.8) is 0 Å². The first kappa shape index (κ1) is 12.0. The molecule has 3 heteroatoms. The highest BCUT2D eigenvalue weighted by molar-refractivity contribution is 9.10. The van der Waals surface area contributed by atoms with Crippen molar-refractivity contribution in [1.29, 1.82) is 0 Å². The molecular weight excluding hydrogens is 292 g/mol. The quantitative estimate of drug-likeness (QED) is 0.627. The summed E-state index contributed by atoms with van der Waals surface area (Å²) >= 11 is 3.35. The summed E-state index contributed by atoms with van der Waals surface area (Å²) in [6, 6.07) is 7.29. The number of hydrogen-bond donors (Lipinski definition) is 0. The summed E-state index contributed by atoms with van der Waals surface area (Å²) in [5.74, 6) is 1.67. The van der Waals surface area contributed by atoms with Gasteiger partial charge in [-0.2, -0.15) is 0 Å². The highest BCUT2D eigenvalue weighted by atomic mass is 79.9. The highest BCUT2D eigenvalue weighted by Crippen LogP contribution is 2.43. The van der Waals surface area contributed by atoms with Crippen LogP contribution >= 0.6 is 15.9 Å². The van der Waals surface area contributed by atoms with Gasteiger partial charge in [-0.3, -0.25) is 0 Å². The molecule has 0 saturated heterocycles. The molecule has 0 N–H and O–H groups in total. The Bertz CT molecular complexity index is 478. The van der Waals surface area contributed by atoms with E-state index in [2.05, 4.69) is 28.1 Å². The lowest BCUT2D eigenvalue weighted by atomic mass is 9.95. The van der Waals surface area contributed by atoms with E-state index < -0.39 is 0 Å². The summed E-state index contributed by atoms with van der Waals surface area (Å²) in [7, 11) is 0. The van der Waals surface area contributed by atoms with E-state index in [4.69, 9.17) is 4.74 Å². The van der Waals surface area contributed by atoms with Crippen LogP contribution in [0.25, 0.3) is 0 Å². The summed E-state index contributed by atoms with van der Waals surface area (Å²) in [5, 5.41) is 0. The summed E-state index contributed by atoms with van der Waals surface area (Å²) < 4.78 is 6.39. The molecule has 1 aromatic rings. The Kier molecular flexibility index (Phi) is 3.25. The summed E-state index contributed by atoms with van der Waals surface area (Å²) in [6.07, 6.45) is 7.01. The number of fused-ring (bicyclic) bond motifs is 2. The van der Waals surface area contributed by atoms with Crippen LogP contribution in [0.2, 0.25) is 0 Å². The molecule has 18 heavy (non-hydrogen) atoms. The molecule has 3 unspecified atom stereocenters. The van der Waals surface area contributed by atoms with Gasteiger partial charge in [-0.25, -0.2) is 4.79 Å². The number of carbonyl (C=O) groups excluding carboxylic acids is 1. The second-order valence-electron chi connectivity index (χ2n) is 5.15. The van der Waals surface area contributed by atoms with Crippen LogP contribution in [-0.4, -0.2) is 12.6 Å². The number of esters is 1. The maximum atomic E-state index is 11.9. The molecule has 3 atom stereocenters. The first-order chi connectivity index (χ1) is 8.72. The number of carbonyl (C=O) groups is 1. The minimum atomic E-state index is -0.214. The minimum Gasteiger partial charge on any atom is -0.462 e. The third kappa shape index (κ3) is 2.37. The second kappa shape index (κ2) is 4.88. The third-order valence-electron chi connectivity index (χ3n) is 3.92. The maximum absolute atomic E-state index is 11.9. The normalized spacial score (nSPS) is 28.6. The molecule has 0 heterocycles. The van der Waals surface area contributed by atoms with Crippen molar-refractivity contribution in [2.24, 2.45) is 17.8 Å². The summed E-state index contributed by atoms with van der Waals surface area (Å²) in [6.45, 7) is 0.556. The van der Waals surface area contributed by atoms with E-state index in [1.165, 1.54) is 12.8 Å². The lowest BCUT2D eigenvalue weighted by Crippen LogP contribution is -2.17. The van der Waals surface area contributed by atoms with Gasteiger partial charge in [0, 0.05) is 4.47 Å². The number of ether oxygens (including phenoxy) is 1. The zero-order chi connectivity index (χ0) is 12.5. The van der Waals surface area contributed by atoms with Crippen molar-refractivity contribution in [3.05, 3.63) is 46.5 Å². The van der Waals surface area contributed by atoms with Crippen LogP contribution in [0.5, 0.6) is 0 Å². The summed E-state index contributed by atoms with van der Waals surface area (Å²) in [4.78, 5) is 11.9. The number of benzene rings is 1. The molecule has 2 aliphatic carbocycles. The molecule has 2 aliphatic rings. The maximum Gasteiger partial charge on any atom is 0.338 e. The van der Waals surface area contributed by atoms with Crippen molar-refractivity contribution >= 4 is 21.9 Å². The van der Waals surface area contributed by atoms with Gasteiger partial charge in [-0.05, 0) is 54.9 Å². The van der Waals surface area contributed by atoms with Crippen LogP contribution in [-0.2, 0) is 4.74 Å². The van der Waals surface area contributed by atoms with Gasteiger partial charge in [0.25, 0.3) is 0 Å². The number of rotatable bonds is 3. The summed E-state index contributed by atoms with van der Waals surface area (Å²) in [5.41, 5.74) is 0.622. The molecule has 94 valence electrons. The first-order valence-electron chi connectivity index (χ1n) is 6.33. The topological polar surface area (TPSA) is 26.3 Å². The third-order valence-corrected chi connectivity index (χ3v) is 4.45. The molecule has 2 bridgehead atoms. The Morgan fingerprint density at radius 3 is 2.61 bits per heavy atom. The number of halogens is 1. The van der Waals surface area contributed by atoms with E-state index in [9.17, 15) is 4.79 Å². The lowest BCUT2D eigenvalue weighted by molar-refractivity contribution is 0.0420. The van der Waals surface area contributed by atoms with E-state index in [1.54, 1.807) is 12.1 Å². The van der Waals surface area contributed by atoms with Gasteiger partial charge in [0.2, 0.25) is 0 Å². The van der Waals surface area contributed by atoms with Crippen LogP contribution in [0, 0.1) is 17.8 Å². The molecule has 2 nitrogen and oxygen atoms in total. The first-order valence-corrected chi connectivity index (χ1v) is 7.12. The Balaban J connectivity index is 1.56. The van der Waals surface area contributed by atoms with Crippen molar-refractivity contribution in [1.82, 2.24) is 0 Å². The van der Waals surface area contributed by atoms with Crippen molar-refractivity contribution < 1.29 is 9.53 Å². The highest BCUT2D eigenvalue weighted by Gasteiger charge is 2.36. The van der Waals surface area contributed by atoms with Crippen LogP contribution in [0.15, 0.2) is 40.9 Å². The van der Waals surface area contributed by atoms with E-state index in [-0.39, 0.29) is 5.97 Å². The number of allylic oxidation sites excluding steroid dienone is 2. The molecular formula is C15H15BrO2. The molecule has 0 spiro atoms. The Morgan fingerprint density at radius 1 is 1.22 bits per heavy atom. The fraction of sp³-hybridized carbons (Fsp3) is 0.400. The predicted octanol–water partition coefficient (Wildman–Crippen LogP) is 3.82. The fourth-order valence-electron chi connectivity index (χ4n) is 2.94. The van der Waals surface area contributed by atoms with Crippen molar-refractivity contribution in [3.8, 4) is 0 Å². The molecule has 1 aromatic carbocycles. The molecule has 1 fully saturated rings. The Hall–Kier alpha value is -1.09. The van der Waals surface area contributed by atoms with Gasteiger partial charge in [-0.15, -0.1) is 0 Å². The van der Waals surface area contributed by atoms with E-state index in [0.29, 0.717) is 24.0 Å². The van der Waals surface area contributed by atoms with Gasteiger partial charge in [0.05, 0.1) is 12.2 Å².